The summed E-state index contributed by atoms with van der Waals surface area (Å²) in [7, 11) is 0. The van der Waals surface area contributed by atoms with Crippen molar-refractivity contribution in [2.75, 3.05) is 0 Å². The van der Waals surface area contributed by atoms with E-state index in [1.807, 2.05) is 11.8 Å². The number of benzene rings is 7. The number of aromatic nitrogens is 1. The fourth-order valence-electron chi connectivity index (χ4n) is 8.14. The Morgan fingerprint density at radius 3 is 1.95 bits per heavy atom. The summed E-state index contributed by atoms with van der Waals surface area (Å²) in [6.45, 7) is 2.16. The van der Waals surface area contributed by atoms with Crippen LogP contribution in [0.1, 0.15) is 27.8 Å². The van der Waals surface area contributed by atoms with Crippen molar-refractivity contribution in [3.05, 3.63) is 173 Å². The number of hydrogen-bond acceptors (Lipinski definition) is 1. The summed E-state index contributed by atoms with van der Waals surface area (Å²) in [5, 5.41) is 5.20. The topological polar surface area (TPSA) is 4.93 Å². The minimum absolute atomic E-state index is 0.394. The Kier molecular flexibility index (Phi) is 4.85. The molecule has 1 spiro atoms. The zero-order valence-corrected chi connectivity index (χ0v) is 25.0. The molecule has 2 heterocycles. The van der Waals surface area contributed by atoms with Crippen LogP contribution >= 0.6 is 11.8 Å². The van der Waals surface area contributed by atoms with E-state index >= 15 is 0 Å². The van der Waals surface area contributed by atoms with Crippen molar-refractivity contribution >= 4 is 44.3 Å². The van der Waals surface area contributed by atoms with Crippen molar-refractivity contribution in [2.24, 2.45) is 0 Å². The van der Waals surface area contributed by atoms with Crippen LogP contribution < -0.4 is 0 Å². The van der Waals surface area contributed by atoms with Gasteiger partial charge in [0.25, 0.3) is 0 Å². The largest absolute Gasteiger partial charge is 0.308 e. The molecular weight excluding hydrogens is 551 g/mol. The van der Waals surface area contributed by atoms with Crippen LogP contribution in [0.4, 0.5) is 0 Å². The van der Waals surface area contributed by atoms with Crippen molar-refractivity contribution in [3.8, 4) is 16.8 Å². The molecule has 0 atom stereocenters. The van der Waals surface area contributed by atoms with Crippen LogP contribution in [-0.2, 0) is 5.41 Å². The summed E-state index contributed by atoms with van der Waals surface area (Å²) >= 11 is 1.93. The second-order valence-corrected chi connectivity index (χ2v) is 13.2. The van der Waals surface area contributed by atoms with Gasteiger partial charge in [0.15, 0.2) is 0 Å². The molecule has 0 bridgehead atoms. The maximum atomic E-state index is 2.52. The van der Waals surface area contributed by atoms with Gasteiger partial charge in [-0.1, -0.05) is 139 Å². The third-order valence-corrected chi connectivity index (χ3v) is 11.1. The molecule has 8 aromatic rings. The maximum Gasteiger partial charge on any atom is 0.0736 e. The Morgan fingerprint density at radius 1 is 0.523 bits per heavy atom. The number of fused-ring (bicyclic) bond motifs is 15. The van der Waals surface area contributed by atoms with Gasteiger partial charge in [-0.15, -0.1) is 0 Å². The van der Waals surface area contributed by atoms with Gasteiger partial charge in [0.05, 0.1) is 16.4 Å². The molecule has 7 aromatic carbocycles. The molecule has 0 fully saturated rings. The maximum absolute atomic E-state index is 2.52. The standard InChI is InChI=1S/C42H27NS/c1-26-18-21-28(22-19-26)43-37-25-20-27-10-2-3-11-29(27)39(37)32-23-24-36-41(40(32)43)44-38-17-9-8-16-35(38)42(36)33-14-6-4-12-30(33)31-13-5-7-15-34(31)42/h2-25H,1H3. The van der Waals surface area contributed by atoms with Crippen molar-refractivity contribution in [2.45, 2.75) is 22.1 Å². The minimum Gasteiger partial charge on any atom is -0.308 e. The van der Waals surface area contributed by atoms with E-state index in [9.17, 15) is 0 Å². The predicted octanol–water partition coefficient (Wildman–Crippen LogP) is 11.1. The van der Waals surface area contributed by atoms with Gasteiger partial charge in [-0.3, -0.25) is 0 Å². The minimum atomic E-state index is -0.394. The predicted molar refractivity (Wildman–Crippen MR) is 184 cm³/mol. The molecule has 2 aliphatic rings. The average molecular weight is 578 g/mol. The number of nitrogens with zero attached hydrogens (tertiary/aromatic N) is 1. The van der Waals surface area contributed by atoms with Gasteiger partial charge in [0, 0.05) is 26.3 Å². The molecule has 10 rings (SSSR count). The highest BCUT2D eigenvalue weighted by molar-refractivity contribution is 7.99. The lowest BCUT2D eigenvalue weighted by Gasteiger charge is -2.40. The third kappa shape index (κ3) is 2.96. The van der Waals surface area contributed by atoms with E-state index in [1.165, 1.54) is 87.0 Å². The quantitative estimate of drug-likeness (QED) is 0.188. The summed E-state index contributed by atoms with van der Waals surface area (Å²) < 4.78 is 2.52. The Morgan fingerprint density at radius 2 is 1.18 bits per heavy atom. The zero-order valence-electron chi connectivity index (χ0n) is 24.2. The molecule has 1 aromatic heterocycles. The van der Waals surface area contributed by atoms with E-state index < -0.39 is 5.41 Å². The van der Waals surface area contributed by atoms with Crippen molar-refractivity contribution in [1.29, 1.82) is 0 Å². The first-order valence-corrected chi connectivity index (χ1v) is 16.1. The van der Waals surface area contributed by atoms with Gasteiger partial charge in [-0.2, -0.15) is 0 Å². The molecule has 1 nitrogen and oxygen atoms in total. The SMILES string of the molecule is Cc1ccc(-n2c3ccc4ccccc4c3c3ccc4c(c32)Sc2ccccc2C42c3ccccc3-c3ccccc32)cc1. The Balaban J connectivity index is 1.44. The number of hydrogen-bond donors (Lipinski definition) is 0. The van der Waals surface area contributed by atoms with E-state index in [2.05, 4.69) is 157 Å². The first kappa shape index (κ1) is 24.4. The van der Waals surface area contributed by atoms with E-state index in [0.29, 0.717) is 0 Å². The smallest absolute Gasteiger partial charge is 0.0736 e. The molecule has 0 unspecified atom stereocenters. The molecular formula is C42H27NS. The fraction of sp³-hybridized carbons (Fsp3) is 0.0476. The molecule has 0 radical (unpaired) electrons. The highest BCUT2D eigenvalue weighted by Crippen LogP contribution is 2.63. The van der Waals surface area contributed by atoms with Crippen molar-refractivity contribution < 1.29 is 0 Å². The van der Waals surface area contributed by atoms with Crippen LogP contribution in [0.15, 0.2) is 155 Å². The number of rotatable bonds is 1. The van der Waals surface area contributed by atoms with Gasteiger partial charge in [-0.25, -0.2) is 0 Å². The van der Waals surface area contributed by atoms with Gasteiger partial charge >= 0.3 is 0 Å². The molecule has 0 saturated carbocycles. The van der Waals surface area contributed by atoms with E-state index in [4.69, 9.17) is 0 Å². The third-order valence-electron chi connectivity index (χ3n) is 9.92. The van der Waals surface area contributed by atoms with E-state index in [1.54, 1.807) is 0 Å². The fourth-order valence-corrected chi connectivity index (χ4v) is 9.47. The summed E-state index contributed by atoms with van der Waals surface area (Å²) in [6, 6.07) is 54.5. The van der Waals surface area contributed by atoms with Gasteiger partial charge in [0.1, 0.15) is 0 Å². The van der Waals surface area contributed by atoms with Crippen LogP contribution in [0, 0.1) is 6.92 Å². The van der Waals surface area contributed by atoms with E-state index in [0.717, 1.165) is 0 Å². The molecule has 0 saturated heterocycles. The first-order valence-electron chi connectivity index (χ1n) is 15.3. The lowest BCUT2D eigenvalue weighted by atomic mass is 9.67. The highest BCUT2D eigenvalue weighted by atomic mass is 32.2. The van der Waals surface area contributed by atoms with Gasteiger partial charge < -0.3 is 4.57 Å². The van der Waals surface area contributed by atoms with Crippen LogP contribution in [0.2, 0.25) is 0 Å². The second-order valence-electron chi connectivity index (χ2n) is 12.1. The summed E-state index contributed by atoms with van der Waals surface area (Å²) in [4.78, 5) is 2.66. The Labute approximate surface area is 260 Å². The Hall–Kier alpha value is -5.05. The Bertz CT molecular complexity index is 2430. The van der Waals surface area contributed by atoms with Gasteiger partial charge in [0.2, 0.25) is 0 Å². The molecule has 0 amide bonds. The van der Waals surface area contributed by atoms with Crippen LogP contribution in [0.5, 0.6) is 0 Å². The molecule has 2 heteroatoms. The summed E-state index contributed by atoms with van der Waals surface area (Å²) in [6.07, 6.45) is 0. The van der Waals surface area contributed by atoms with Gasteiger partial charge in [-0.05, 0) is 75.3 Å². The molecule has 44 heavy (non-hydrogen) atoms. The number of aryl methyl sites for hydroxylation is 1. The zero-order chi connectivity index (χ0) is 29.0. The second kappa shape index (κ2) is 8.75. The molecule has 1 aliphatic heterocycles. The van der Waals surface area contributed by atoms with E-state index in [-0.39, 0.29) is 0 Å². The van der Waals surface area contributed by atoms with Crippen LogP contribution in [0.25, 0.3) is 49.4 Å². The molecule has 206 valence electrons. The highest BCUT2D eigenvalue weighted by Gasteiger charge is 2.50. The van der Waals surface area contributed by atoms with Crippen LogP contribution in [0.3, 0.4) is 0 Å². The molecule has 0 N–H and O–H groups in total. The lowest BCUT2D eigenvalue weighted by molar-refractivity contribution is 0.724. The average Bonchev–Trinajstić information content (AvgIpc) is 3.57. The summed E-state index contributed by atoms with van der Waals surface area (Å²) in [5.74, 6) is 0. The normalized spacial score (nSPS) is 14.1. The van der Waals surface area contributed by atoms with Crippen molar-refractivity contribution in [3.63, 3.8) is 0 Å². The first-order chi connectivity index (χ1) is 21.7. The van der Waals surface area contributed by atoms with Crippen LogP contribution in [-0.4, -0.2) is 4.57 Å². The monoisotopic (exact) mass is 577 g/mol. The lowest BCUT2D eigenvalue weighted by Crippen LogP contribution is -2.32. The summed E-state index contributed by atoms with van der Waals surface area (Å²) in [5.41, 5.74) is 12.8. The molecule has 1 aliphatic carbocycles. The van der Waals surface area contributed by atoms with Crippen molar-refractivity contribution in [1.82, 2.24) is 4.57 Å².